The minimum Gasteiger partial charge on any atom is -0.380 e. The molecule has 0 saturated heterocycles. The van der Waals surface area contributed by atoms with Gasteiger partial charge in [-0.2, -0.15) is 0 Å². The molecule has 0 heterocycles. The summed E-state index contributed by atoms with van der Waals surface area (Å²) in [5.74, 6) is 5.33. The molecule has 0 spiro atoms. The second kappa shape index (κ2) is 6.33. The molecule has 1 atom stereocenters. The summed E-state index contributed by atoms with van der Waals surface area (Å²) in [7, 11) is -2.01. The molecule has 0 bridgehead atoms. The summed E-state index contributed by atoms with van der Waals surface area (Å²) in [6.45, 7) is 5.50. The molecule has 0 aromatic heterocycles. The van der Waals surface area contributed by atoms with Gasteiger partial charge < -0.3 is 10.2 Å². The highest BCUT2D eigenvalue weighted by molar-refractivity contribution is 7.89. The van der Waals surface area contributed by atoms with Crippen molar-refractivity contribution in [2.75, 3.05) is 19.1 Å². The van der Waals surface area contributed by atoms with Crippen LogP contribution in [-0.4, -0.2) is 28.2 Å². The van der Waals surface area contributed by atoms with E-state index < -0.39 is 10.0 Å². The van der Waals surface area contributed by atoms with Crippen molar-refractivity contribution in [3.05, 3.63) is 23.3 Å². The third-order valence-electron chi connectivity index (χ3n) is 2.86. The molecule has 0 saturated carbocycles. The maximum Gasteiger partial charge on any atom is 0.241 e. The van der Waals surface area contributed by atoms with Crippen LogP contribution in [0.5, 0.6) is 0 Å². The lowest BCUT2D eigenvalue weighted by molar-refractivity contribution is 0.122. The van der Waals surface area contributed by atoms with Crippen molar-refractivity contribution in [3.63, 3.8) is 0 Å². The first-order chi connectivity index (χ1) is 8.81. The van der Waals surface area contributed by atoms with E-state index in [1.54, 1.807) is 32.9 Å². The quantitative estimate of drug-likeness (QED) is 0.534. The van der Waals surface area contributed by atoms with Crippen molar-refractivity contribution >= 4 is 15.7 Å². The maximum atomic E-state index is 12.3. The molecule has 0 amide bonds. The van der Waals surface area contributed by atoms with Crippen LogP contribution in [0.3, 0.4) is 0 Å². The van der Waals surface area contributed by atoms with E-state index >= 15 is 0 Å². The van der Waals surface area contributed by atoms with E-state index in [1.807, 2.05) is 0 Å². The van der Waals surface area contributed by atoms with E-state index in [0.29, 0.717) is 16.8 Å². The fourth-order valence-electron chi connectivity index (χ4n) is 1.84. The van der Waals surface area contributed by atoms with Crippen LogP contribution in [0.15, 0.2) is 17.0 Å². The molecule has 0 aliphatic rings. The molecule has 1 aromatic rings. The van der Waals surface area contributed by atoms with Crippen molar-refractivity contribution in [3.8, 4) is 0 Å². The highest BCUT2D eigenvalue weighted by Crippen LogP contribution is 2.23. The Morgan fingerprint density at radius 3 is 2.26 bits per heavy atom. The molecule has 1 aromatic carbocycles. The van der Waals surface area contributed by atoms with Gasteiger partial charge in [0, 0.05) is 19.3 Å². The van der Waals surface area contributed by atoms with Crippen LogP contribution in [-0.2, 0) is 14.8 Å². The summed E-state index contributed by atoms with van der Waals surface area (Å²) in [5.41, 5.74) is 4.48. The number of nitrogens with two attached hydrogens (primary N) is 1. The smallest absolute Gasteiger partial charge is 0.241 e. The number of hydrogen-bond donors (Lipinski definition) is 3. The molecular weight excluding hydrogens is 266 g/mol. The van der Waals surface area contributed by atoms with Crippen molar-refractivity contribution in [2.45, 2.75) is 31.8 Å². The summed E-state index contributed by atoms with van der Waals surface area (Å²) < 4.78 is 32.1. The van der Waals surface area contributed by atoms with Crippen molar-refractivity contribution in [1.82, 2.24) is 4.72 Å². The molecule has 108 valence electrons. The zero-order valence-corrected chi connectivity index (χ0v) is 12.5. The van der Waals surface area contributed by atoms with Gasteiger partial charge in [0.05, 0.1) is 11.0 Å². The SMILES string of the molecule is COC(C)CNS(=O)(=O)c1c(C)cc(NN)cc1C. The number of hydrogen-bond acceptors (Lipinski definition) is 5. The van der Waals surface area contributed by atoms with Crippen LogP contribution in [0.4, 0.5) is 5.69 Å². The zero-order chi connectivity index (χ0) is 14.6. The van der Waals surface area contributed by atoms with Gasteiger partial charge in [0.1, 0.15) is 0 Å². The average molecular weight is 287 g/mol. The van der Waals surface area contributed by atoms with Crippen LogP contribution >= 0.6 is 0 Å². The molecule has 19 heavy (non-hydrogen) atoms. The highest BCUT2D eigenvalue weighted by Gasteiger charge is 2.20. The Kier molecular flexibility index (Phi) is 5.30. The van der Waals surface area contributed by atoms with Crippen LogP contribution in [0.25, 0.3) is 0 Å². The van der Waals surface area contributed by atoms with E-state index in [4.69, 9.17) is 10.6 Å². The van der Waals surface area contributed by atoms with Gasteiger partial charge in [-0.05, 0) is 44.0 Å². The topological polar surface area (TPSA) is 93.4 Å². The van der Waals surface area contributed by atoms with Gasteiger partial charge in [-0.15, -0.1) is 0 Å². The van der Waals surface area contributed by atoms with Crippen LogP contribution < -0.4 is 16.0 Å². The van der Waals surface area contributed by atoms with Gasteiger partial charge in [-0.3, -0.25) is 5.84 Å². The van der Waals surface area contributed by atoms with Gasteiger partial charge in [0.15, 0.2) is 0 Å². The fraction of sp³-hybridized carbons (Fsp3) is 0.500. The minimum absolute atomic E-state index is 0.180. The van der Waals surface area contributed by atoms with E-state index in [1.165, 1.54) is 7.11 Å². The average Bonchev–Trinajstić information content (AvgIpc) is 2.34. The molecule has 0 fully saturated rings. The van der Waals surface area contributed by atoms with Gasteiger partial charge in [-0.1, -0.05) is 0 Å². The van der Waals surface area contributed by atoms with E-state index in [-0.39, 0.29) is 17.5 Å². The van der Waals surface area contributed by atoms with Gasteiger partial charge in [-0.25, -0.2) is 13.1 Å². The summed E-state index contributed by atoms with van der Waals surface area (Å²) >= 11 is 0. The summed E-state index contributed by atoms with van der Waals surface area (Å²) in [5, 5.41) is 0. The van der Waals surface area contributed by atoms with Crippen molar-refractivity contribution in [2.24, 2.45) is 5.84 Å². The summed E-state index contributed by atoms with van der Waals surface area (Å²) in [6, 6.07) is 3.39. The number of nitrogen functional groups attached to an aromatic ring is 1. The first-order valence-electron chi connectivity index (χ1n) is 5.92. The molecule has 7 heteroatoms. The van der Waals surface area contributed by atoms with Gasteiger partial charge >= 0.3 is 0 Å². The Balaban J connectivity index is 3.08. The third-order valence-corrected chi connectivity index (χ3v) is 4.59. The lowest BCUT2D eigenvalue weighted by atomic mass is 10.1. The van der Waals surface area contributed by atoms with E-state index in [0.717, 1.165) is 0 Å². The highest BCUT2D eigenvalue weighted by atomic mass is 32.2. The Morgan fingerprint density at radius 2 is 1.84 bits per heavy atom. The first kappa shape index (κ1) is 15.9. The van der Waals surface area contributed by atoms with E-state index in [9.17, 15) is 8.42 Å². The molecule has 0 aliphatic carbocycles. The number of sulfonamides is 1. The van der Waals surface area contributed by atoms with Crippen molar-refractivity contribution in [1.29, 1.82) is 0 Å². The maximum absolute atomic E-state index is 12.3. The van der Waals surface area contributed by atoms with Crippen LogP contribution in [0.2, 0.25) is 0 Å². The Bertz CT molecular complexity index is 520. The number of hydrazine groups is 1. The fourth-order valence-corrected chi connectivity index (χ4v) is 3.40. The monoisotopic (exact) mass is 287 g/mol. The number of methoxy groups -OCH3 is 1. The zero-order valence-electron chi connectivity index (χ0n) is 11.6. The molecule has 0 aliphatic heterocycles. The van der Waals surface area contributed by atoms with Crippen LogP contribution in [0.1, 0.15) is 18.1 Å². The Hall–Kier alpha value is -1.15. The van der Waals surface area contributed by atoms with E-state index in [2.05, 4.69) is 10.1 Å². The lowest BCUT2D eigenvalue weighted by Crippen LogP contribution is -2.32. The van der Waals surface area contributed by atoms with Crippen LogP contribution in [0, 0.1) is 13.8 Å². The number of anilines is 1. The molecular formula is C12H21N3O3S. The Morgan fingerprint density at radius 1 is 1.32 bits per heavy atom. The van der Waals surface area contributed by atoms with Gasteiger partial charge in [0.25, 0.3) is 0 Å². The Labute approximate surface area is 114 Å². The minimum atomic E-state index is -3.55. The lowest BCUT2D eigenvalue weighted by Gasteiger charge is -2.15. The largest absolute Gasteiger partial charge is 0.380 e. The molecule has 1 rings (SSSR count). The number of aryl methyl sites for hydroxylation is 2. The predicted molar refractivity (Wildman–Crippen MR) is 75.4 cm³/mol. The standard InChI is InChI=1S/C12H21N3O3S/c1-8-5-11(15-13)6-9(2)12(8)19(16,17)14-7-10(3)18-4/h5-6,10,14-15H,7,13H2,1-4H3. The molecule has 4 N–H and O–H groups in total. The third kappa shape index (κ3) is 3.90. The summed E-state index contributed by atoms with van der Waals surface area (Å²) in [4.78, 5) is 0.287. The number of ether oxygens (including phenoxy) is 1. The number of nitrogens with one attached hydrogen (secondary N) is 2. The summed E-state index contributed by atoms with van der Waals surface area (Å²) in [6.07, 6.45) is -0.180. The predicted octanol–water partition coefficient (Wildman–Crippen LogP) is 0.902. The molecule has 1 unspecified atom stereocenters. The second-order valence-electron chi connectivity index (χ2n) is 4.48. The second-order valence-corrected chi connectivity index (χ2v) is 6.19. The molecule has 0 radical (unpaired) electrons. The number of benzene rings is 1. The van der Waals surface area contributed by atoms with Gasteiger partial charge in [0.2, 0.25) is 10.0 Å². The molecule has 6 nitrogen and oxygen atoms in total. The van der Waals surface area contributed by atoms with Crippen molar-refractivity contribution < 1.29 is 13.2 Å². The normalized spacial score (nSPS) is 13.3. The number of rotatable bonds is 6. The first-order valence-corrected chi connectivity index (χ1v) is 7.40.